The smallest absolute Gasteiger partial charge is 0.232 e. The van der Waals surface area contributed by atoms with Crippen molar-refractivity contribution in [2.75, 3.05) is 18.1 Å². The molecule has 1 heterocycles. The van der Waals surface area contributed by atoms with E-state index in [-0.39, 0.29) is 12.0 Å². The summed E-state index contributed by atoms with van der Waals surface area (Å²) >= 11 is 0. The molecule has 27 heavy (non-hydrogen) atoms. The molecule has 2 aromatic carbocycles. The van der Waals surface area contributed by atoms with Crippen molar-refractivity contribution in [2.45, 2.75) is 32.9 Å². The van der Waals surface area contributed by atoms with Crippen LogP contribution in [0.15, 0.2) is 54.6 Å². The Morgan fingerprint density at radius 3 is 2.30 bits per heavy atom. The Bertz CT molecular complexity index is 864. The predicted octanol–water partition coefficient (Wildman–Crippen LogP) is 3.95. The number of nitrogens with two attached hydrogens (primary N) is 1. The van der Waals surface area contributed by atoms with E-state index in [1.165, 1.54) is 11.1 Å². The third-order valence-electron chi connectivity index (χ3n) is 4.60. The van der Waals surface area contributed by atoms with Gasteiger partial charge in [-0.25, -0.2) is 0 Å². The van der Waals surface area contributed by atoms with Gasteiger partial charge in [0.1, 0.15) is 0 Å². The van der Waals surface area contributed by atoms with Gasteiger partial charge in [-0.15, -0.1) is 0 Å². The highest BCUT2D eigenvalue weighted by Gasteiger charge is 2.17. The molecule has 3 aromatic rings. The number of benzene rings is 2. The Morgan fingerprint density at radius 2 is 1.63 bits per heavy atom. The number of nitrogen functional groups attached to an aromatic ring is 1. The van der Waals surface area contributed by atoms with E-state index in [0.717, 1.165) is 18.7 Å². The summed E-state index contributed by atoms with van der Waals surface area (Å²) in [5.74, 6) is 1.32. The molecule has 0 saturated carbocycles. The van der Waals surface area contributed by atoms with Crippen LogP contribution in [0.2, 0.25) is 0 Å². The highest BCUT2D eigenvalue weighted by Crippen LogP contribution is 2.21. The SMILES string of the molecule is CCc1ccc(CN(C)C(C)c2nc(N)nc(Nc3ccccc3)n2)cc1. The van der Waals surface area contributed by atoms with Gasteiger partial charge in [-0.3, -0.25) is 4.90 Å². The van der Waals surface area contributed by atoms with Gasteiger partial charge in [-0.1, -0.05) is 49.4 Å². The van der Waals surface area contributed by atoms with Crippen LogP contribution in [-0.2, 0) is 13.0 Å². The first-order valence-corrected chi connectivity index (χ1v) is 9.16. The summed E-state index contributed by atoms with van der Waals surface area (Å²) in [6.45, 7) is 5.04. The average molecular weight is 362 g/mol. The fourth-order valence-corrected chi connectivity index (χ4v) is 2.81. The summed E-state index contributed by atoms with van der Waals surface area (Å²) in [7, 11) is 2.06. The van der Waals surface area contributed by atoms with Crippen molar-refractivity contribution < 1.29 is 0 Å². The zero-order chi connectivity index (χ0) is 19.2. The number of rotatable bonds is 7. The van der Waals surface area contributed by atoms with Gasteiger partial charge in [-0.05, 0) is 43.7 Å². The molecule has 0 aliphatic rings. The Morgan fingerprint density at radius 1 is 0.963 bits per heavy atom. The van der Waals surface area contributed by atoms with Gasteiger partial charge in [0.25, 0.3) is 0 Å². The minimum atomic E-state index is -0.00234. The number of hydrogen-bond acceptors (Lipinski definition) is 6. The number of nitrogens with one attached hydrogen (secondary N) is 1. The number of nitrogens with zero attached hydrogens (tertiary/aromatic N) is 4. The second-order valence-corrected chi connectivity index (χ2v) is 6.63. The second kappa shape index (κ2) is 8.60. The molecule has 0 spiro atoms. The highest BCUT2D eigenvalue weighted by molar-refractivity contribution is 5.53. The van der Waals surface area contributed by atoms with E-state index in [2.05, 4.69) is 70.3 Å². The Kier molecular flexibility index (Phi) is 5.98. The van der Waals surface area contributed by atoms with Crippen LogP contribution in [0, 0.1) is 0 Å². The Hall–Kier alpha value is -2.99. The van der Waals surface area contributed by atoms with Gasteiger partial charge in [-0.2, -0.15) is 15.0 Å². The van der Waals surface area contributed by atoms with Gasteiger partial charge in [0, 0.05) is 12.2 Å². The van der Waals surface area contributed by atoms with E-state index < -0.39 is 0 Å². The molecular weight excluding hydrogens is 336 g/mol. The number of para-hydroxylation sites is 1. The first kappa shape index (κ1) is 18.8. The molecule has 0 amide bonds. The summed E-state index contributed by atoms with van der Waals surface area (Å²) in [4.78, 5) is 15.3. The van der Waals surface area contributed by atoms with Crippen molar-refractivity contribution >= 4 is 17.6 Å². The minimum absolute atomic E-state index is 0.00234. The van der Waals surface area contributed by atoms with Crippen LogP contribution in [0.3, 0.4) is 0 Å². The number of aromatic nitrogens is 3. The van der Waals surface area contributed by atoms with Crippen molar-refractivity contribution in [3.8, 4) is 0 Å². The minimum Gasteiger partial charge on any atom is -0.368 e. The van der Waals surface area contributed by atoms with Crippen LogP contribution >= 0.6 is 0 Å². The van der Waals surface area contributed by atoms with Crippen LogP contribution in [0.1, 0.15) is 36.8 Å². The van der Waals surface area contributed by atoms with Gasteiger partial charge >= 0.3 is 0 Å². The Labute approximate surface area is 160 Å². The fraction of sp³-hybridized carbons (Fsp3) is 0.286. The summed E-state index contributed by atoms with van der Waals surface area (Å²) < 4.78 is 0. The molecule has 0 bridgehead atoms. The fourth-order valence-electron chi connectivity index (χ4n) is 2.81. The third-order valence-corrected chi connectivity index (χ3v) is 4.60. The lowest BCUT2D eigenvalue weighted by molar-refractivity contribution is 0.244. The maximum atomic E-state index is 5.91. The van der Waals surface area contributed by atoms with Gasteiger partial charge in [0.15, 0.2) is 5.82 Å². The molecule has 1 unspecified atom stereocenters. The maximum Gasteiger partial charge on any atom is 0.232 e. The molecule has 140 valence electrons. The van der Waals surface area contributed by atoms with E-state index in [1.807, 2.05) is 30.3 Å². The van der Waals surface area contributed by atoms with Gasteiger partial charge < -0.3 is 11.1 Å². The second-order valence-electron chi connectivity index (χ2n) is 6.63. The molecule has 3 rings (SSSR count). The van der Waals surface area contributed by atoms with Crippen molar-refractivity contribution in [3.05, 3.63) is 71.5 Å². The molecule has 0 aliphatic carbocycles. The van der Waals surface area contributed by atoms with Crippen molar-refractivity contribution in [1.29, 1.82) is 0 Å². The van der Waals surface area contributed by atoms with Crippen LogP contribution in [0.5, 0.6) is 0 Å². The lowest BCUT2D eigenvalue weighted by Crippen LogP contribution is -2.24. The highest BCUT2D eigenvalue weighted by atomic mass is 15.2. The largest absolute Gasteiger partial charge is 0.368 e. The lowest BCUT2D eigenvalue weighted by Gasteiger charge is -2.24. The zero-order valence-electron chi connectivity index (χ0n) is 16.1. The Balaban J connectivity index is 1.73. The van der Waals surface area contributed by atoms with E-state index in [9.17, 15) is 0 Å². The monoisotopic (exact) mass is 362 g/mol. The molecule has 6 heteroatoms. The van der Waals surface area contributed by atoms with Crippen LogP contribution in [-0.4, -0.2) is 26.9 Å². The van der Waals surface area contributed by atoms with E-state index in [4.69, 9.17) is 5.73 Å². The quantitative estimate of drug-likeness (QED) is 0.662. The summed E-state index contributed by atoms with van der Waals surface area (Å²) in [5, 5.41) is 3.18. The molecule has 1 atom stereocenters. The molecular formula is C21H26N6. The normalized spacial score (nSPS) is 12.1. The molecule has 1 aromatic heterocycles. The van der Waals surface area contributed by atoms with E-state index in [0.29, 0.717) is 11.8 Å². The standard InChI is InChI=1S/C21H26N6/c1-4-16-10-12-17(13-11-16)14-27(3)15(2)19-24-20(22)26-21(25-19)23-18-8-6-5-7-9-18/h5-13,15H,4,14H2,1-3H3,(H3,22,23,24,25,26). The summed E-state index contributed by atoms with van der Waals surface area (Å²) in [6, 6.07) is 18.5. The van der Waals surface area contributed by atoms with Gasteiger partial charge in [0.05, 0.1) is 6.04 Å². The van der Waals surface area contributed by atoms with Crippen molar-refractivity contribution in [2.24, 2.45) is 0 Å². The predicted molar refractivity (Wildman–Crippen MR) is 110 cm³/mol. The summed E-state index contributed by atoms with van der Waals surface area (Å²) in [6.07, 6.45) is 1.05. The number of anilines is 3. The number of aryl methyl sites for hydroxylation is 1. The molecule has 0 fully saturated rings. The molecule has 6 nitrogen and oxygen atoms in total. The topological polar surface area (TPSA) is 80.0 Å². The van der Waals surface area contributed by atoms with Crippen molar-refractivity contribution in [1.82, 2.24) is 19.9 Å². The first-order valence-electron chi connectivity index (χ1n) is 9.16. The van der Waals surface area contributed by atoms with E-state index >= 15 is 0 Å². The van der Waals surface area contributed by atoms with Crippen molar-refractivity contribution in [3.63, 3.8) is 0 Å². The summed E-state index contributed by atoms with van der Waals surface area (Å²) in [5.41, 5.74) is 9.42. The average Bonchev–Trinajstić information content (AvgIpc) is 2.68. The first-order chi connectivity index (χ1) is 13.0. The van der Waals surface area contributed by atoms with Crippen LogP contribution in [0.25, 0.3) is 0 Å². The van der Waals surface area contributed by atoms with Crippen LogP contribution < -0.4 is 11.1 Å². The molecule has 3 N–H and O–H groups in total. The lowest BCUT2D eigenvalue weighted by atomic mass is 10.1. The zero-order valence-corrected chi connectivity index (χ0v) is 16.1. The molecule has 0 saturated heterocycles. The molecule has 0 aliphatic heterocycles. The molecule has 0 radical (unpaired) electrons. The third kappa shape index (κ3) is 5.01. The van der Waals surface area contributed by atoms with E-state index in [1.54, 1.807) is 0 Å². The maximum absolute atomic E-state index is 5.91. The van der Waals surface area contributed by atoms with Crippen LogP contribution in [0.4, 0.5) is 17.6 Å². The number of hydrogen-bond donors (Lipinski definition) is 2. The van der Waals surface area contributed by atoms with Gasteiger partial charge in [0.2, 0.25) is 11.9 Å².